The van der Waals surface area contributed by atoms with Crippen LogP contribution in [0.3, 0.4) is 0 Å². The van der Waals surface area contributed by atoms with Gasteiger partial charge in [-0.1, -0.05) is 6.42 Å². The number of carbonyl (C=O) groups excluding carboxylic acids is 1. The van der Waals surface area contributed by atoms with Crippen molar-refractivity contribution in [3.05, 3.63) is 33.1 Å². The second kappa shape index (κ2) is 9.85. The van der Waals surface area contributed by atoms with E-state index in [4.69, 9.17) is 14.2 Å². The smallest absolute Gasteiger partial charge is 0.338 e. The molecule has 0 amide bonds. The number of aryl methyl sites for hydroxylation is 1. The van der Waals surface area contributed by atoms with Crippen molar-refractivity contribution in [3.8, 4) is 0 Å². The molecule has 0 bridgehead atoms. The quantitative estimate of drug-likeness (QED) is 0.652. The van der Waals surface area contributed by atoms with Gasteiger partial charge < -0.3 is 18.8 Å². The van der Waals surface area contributed by atoms with Gasteiger partial charge in [0.1, 0.15) is 6.61 Å². The zero-order valence-corrected chi connectivity index (χ0v) is 16.4. The highest BCUT2D eigenvalue weighted by Gasteiger charge is 2.43. The molecule has 1 unspecified atom stereocenters. The Morgan fingerprint density at radius 2 is 1.96 bits per heavy atom. The van der Waals surface area contributed by atoms with Gasteiger partial charge in [-0.25, -0.2) is 9.59 Å². The molecule has 1 fully saturated rings. The first kappa shape index (κ1) is 21.4. The van der Waals surface area contributed by atoms with Crippen LogP contribution in [0.5, 0.6) is 0 Å². The molecular formula is C19H30N2O6. The molecule has 8 heteroatoms. The summed E-state index contributed by atoms with van der Waals surface area (Å²) in [5, 5.41) is 0. The van der Waals surface area contributed by atoms with Crippen LogP contribution in [0.2, 0.25) is 0 Å². The standard InChI is InChI=1S/C19H30N2O6/c1-14(2)27-19(9-5-4-6-10-19)17(23)26-13-15(25-3)7-11-21-12-8-16(22)20-18(21)24/h8,12,14-15H,4-7,9-11,13H2,1-3H3,(H,20,22,24). The maximum Gasteiger partial charge on any atom is 0.338 e. The fraction of sp³-hybridized carbons (Fsp3) is 0.737. The lowest BCUT2D eigenvalue weighted by Crippen LogP contribution is -2.47. The van der Waals surface area contributed by atoms with Gasteiger partial charge in [-0.3, -0.25) is 9.78 Å². The third-order valence-corrected chi connectivity index (χ3v) is 4.82. The summed E-state index contributed by atoms with van der Waals surface area (Å²) >= 11 is 0. The van der Waals surface area contributed by atoms with E-state index in [0.29, 0.717) is 25.8 Å². The van der Waals surface area contributed by atoms with E-state index >= 15 is 0 Å². The van der Waals surface area contributed by atoms with Gasteiger partial charge in [0.15, 0.2) is 5.60 Å². The number of hydrogen-bond acceptors (Lipinski definition) is 6. The van der Waals surface area contributed by atoms with Crippen molar-refractivity contribution < 1.29 is 19.0 Å². The van der Waals surface area contributed by atoms with E-state index in [-0.39, 0.29) is 24.8 Å². The van der Waals surface area contributed by atoms with E-state index in [1.165, 1.54) is 23.9 Å². The first-order valence-corrected chi connectivity index (χ1v) is 9.54. The van der Waals surface area contributed by atoms with Crippen LogP contribution in [0.25, 0.3) is 0 Å². The zero-order chi connectivity index (χ0) is 19.9. The maximum atomic E-state index is 12.7. The molecule has 1 aromatic heterocycles. The second-order valence-electron chi connectivity index (χ2n) is 7.27. The van der Waals surface area contributed by atoms with Crippen LogP contribution in [0, 0.1) is 0 Å². The minimum Gasteiger partial charge on any atom is -0.461 e. The lowest BCUT2D eigenvalue weighted by Gasteiger charge is -2.36. The molecule has 0 spiro atoms. The fourth-order valence-electron chi connectivity index (χ4n) is 3.42. The summed E-state index contributed by atoms with van der Waals surface area (Å²) in [4.78, 5) is 37.8. The molecule has 0 saturated heterocycles. The number of hydrogen-bond donors (Lipinski definition) is 1. The summed E-state index contributed by atoms with van der Waals surface area (Å²) in [6, 6.07) is 1.29. The maximum absolute atomic E-state index is 12.7. The molecule has 27 heavy (non-hydrogen) atoms. The minimum absolute atomic E-state index is 0.0546. The fourth-order valence-corrected chi connectivity index (χ4v) is 3.42. The summed E-state index contributed by atoms with van der Waals surface area (Å²) in [6.07, 6.45) is 5.85. The largest absolute Gasteiger partial charge is 0.461 e. The van der Waals surface area contributed by atoms with Gasteiger partial charge in [-0.15, -0.1) is 0 Å². The first-order chi connectivity index (χ1) is 12.9. The Balaban J connectivity index is 1.92. The van der Waals surface area contributed by atoms with E-state index in [1.54, 1.807) is 0 Å². The molecule has 0 aromatic carbocycles. The van der Waals surface area contributed by atoms with Crippen LogP contribution < -0.4 is 11.2 Å². The van der Waals surface area contributed by atoms with Crippen LogP contribution in [0.15, 0.2) is 21.9 Å². The molecule has 1 aliphatic rings. The summed E-state index contributed by atoms with van der Waals surface area (Å²) in [6.45, 7) is 4.28. The van der Waals surface area contributed by atoms with E-state index in [9.17, 15) is 14.4 Å². The predicted octanol–water partition coefficient (Wildman–Crippen LogP) is 1.61. The normalized spacial score (nSPS) is 17.6. The van der Waals surface area contributed by atoms with E-state index in [1.807, 2.05) is 13.8 Å². The highest BCUT2D eigenvalue weighted by Crippen LogP contribution is 2.34. The van der Waals surface area contributed by atoms with E-state index < -0.39 is 16.9 Å². The summed E-state index contributed by atoms with van der Waals surface area (Å²) in [5.74, 6) is -0.334. The van der Waals surface area contributed by atoms with Crippen LogP contribution in [0.4, 0.5) is 0 Å². The molecule has 1 N–H and O–H groups in total. The van der Waals surface area contributed by atoms with Crippen molar-refractivity contribution in [1.29, 1.82) is 0 Å². The lowest BCUT2D eigenvalue weighted by molar-refractivity contribution is -0.187. The third-order valence-electron chi connectivity index (χ3n) is 4.82. The highest BCUT2D eigenvalue weighted by atomic mass is 16.6. The number of H-pyrrole nitrogens is 1. The topological polar surface area (TPSA) is 99.6 Å². The SMILES string of the molecule is COC(CCn1ccc(=O)[nH]c1=O)COC(=O)C1(OC(C)C)CCCCC1. The summed E-state index contributed by atoms with van der Waals surface area (Å²) in [5.41, 5.74) is -1.77. The molecule has 1 heterocycles. The van der Waals surface area contributed by atoms with E-state index in [2.05, 4.69) is 4.98 Å². The number of nitrogens with zero attached hydrogens (tertiary/aromatic N) is 1. The van der Waals surface area contributed by atoms with Crippen molar-refractivity contribution in [2.75, 3.05) is 13.7 Å². The molecular weight excluding hydrogens is 352 g/mol. The van der Waals surface area contributed by atoms with Crippen LogP contribution in [-0.2, 0) is 25.5 Å². The molecule has 8 nitrogen and oxygen atoms in total. The van der Waals surface area contributed by atoms with Crippen molar-refractivity contribution in [2.24, 2.45) is 0 Å². The third kappa shape index (κ3) is 6.04. The molecule has 1 saturated carbocycles. The molecule has 1 aliphatic carbocycles. The van der Waals surface area contributed by atoms with Gasteiger partial charge in [-0.05, 0) is 46.0 Å². The lowest BCUT2D eigenvalue weighted by atomic mass is 9.84. The highest BCUT2D eigenvalue weighted by molar-refractivity contribution is 5.79. The number of carbonyl (C=O) groups is 1. The van der Waals surface area contributed by atoms with Gasteiger partial charge >= 0.3 is 11.7 Å². The van der Waals surface area contributed by atoms with Gasteiger partial charge in [0, 0.05) is 25.9 Å². The molecule has 0 radical (unpaired) electrons. The first-order valence-electron chi connectivity index (χ1n) is 9.54. The van der Waals surface area contributed by atoms with Gasteiger partial charge in [0.05, 0.1) is 12.2 Å². The van der Waals surface area contributed by atoms with E-state index in [0.717, 1.165) is 19.3 Å². The average Bonchev–Trinajstić information content (AvgIpc) is 2.63. The van der Waals surface area contributed by atoms with Crippen molar-refractivity contribution in [1.82, 2.24) is 9.55 Å². The molecule has 1 atom stereocenters. The molecule has 1 aromatic rings. The van der Waals surface area contributed by atoms with Crippen molar-refractivity contribution in [2.45, 2.75) is 76.7 Å². The van der Waals surface area contributed by atoms with Crippen molar-refractivity contribution >= 4 is 5.97 Å². The predicted molar refractivity (Wildman–Crippen MR) is 99.7 cm³/mol. The number of esters is 1. The number of methoxy groups -OCH3 is 1. The zero-order valence-electron chi connectivity index (χ0n) is 16.4. The van der Waals surface area contributed by atoms with Crippen LogP contribution in [-0.4, -0.2) is 47.0 Å². The minimum atomic E-state index is -0.861. The summed E-state index contributed by atoms with van der Waals surface area (Å²) in [7, 11) is 1.54. The Bertz CT molecular complexity index is 717. The Kier molecular flexibility index (Phi) is 7.79. The molecule has 152 valence electrons. The van der Waals surface area contributed by atoms with Crippen LogP contribution >= 0.6 is 0 Å². The number of nitrogens with one attached hydrogen (secondary N) is 1. The number of ether oxygens (including phenoxy) is 3. The van der Waals surface area contributed by atoms with Gasteiger partial charge in [0.25, 0.3) is 5.56 Å². The monoisotopic (exact) mass is 382 g/mol. The van der Waals surface area contributed by atoms with Gasteiger partial charge in [-0.2, -0.15) is 0 Å². The Morgan fingerprint density at radius 3 is 2.56 bits per heavy atom. The number of aromatic nitrogens is 2. The van der Waals surface area contributed by atoms with Crippen molar-refractivity contribution in [3.63, 3.8) is 0 Å². The van der Waals surface area contributed by atoms with Crippen LogP contribution in [0.1, 0.15) is 52.4 Å². The molecule has 2 rings (SSSR count). The number of aromatic amines is 1. The van der Waals surface area contributed by atoms with Gasteiger partial charge in [0.2, 0.25) is 0 Å². The average molecular weight is 382 g/mol. The number of rotatable bonds is 9. The Morgan fingerprint density at radius 1 is 1.26 bits per heavy atom. The Labute approximate surface area is 158 Å². The second-order valence-corrected chi connectivity index (χ2v) is 7.27. The summed E-state index contributed by atoms with van der Waals surface area (Å²) < 4.78 is 18.3. The molecule has 0 aliphatic heterocycles. The Hall–Kier alpha value is -1.93.